The van der Waals surface area contributed by atoms with E-state index in [0.717, 1.165) is 0 Å². The average molecular weight is 367 g/mol. The highest BCUT2D eigenvalue weighted by Gasteiger charge is 2.14. The monoisotopic (exact) mass is 366 g/mol. The van der Waals surface area contributed by atoms with Crippen LogP contribution in [0.25, 0.3) is 0 Å². The Bertz CT molecular complexity index is 470. The largest absolute Gasteiger partial charge is 0.236 e. The highest BCUT2D eigenvalue weighted by Crippen LogP contribution is 2.23. The van der Waals surface area contributed by atoms with Gasteiger partial charge in [0.05, 0.1) is 26.4 Å². The van der Waals surface area contributed by atoms with Crippen molar-refractivity contribution in [1.29, 1.82) is 0 Å². The van der Waals surface area contributed by atoms with Crippen LogP contribution in [0.3, 0.4) is 0 Å². The molecule has 0 aliphatic heterocycles. The molecule has 0 radical (unpaired) electrons. The van der Waals surface area contributed by atoms with Gasteiger partial charge >= 0.3 is 0 Å². The summed E-state index contributed by atoms with van der Waals surface area (Å²) in [6, 6.07) is 8.56. The molecule has 0 aromatic heterocycles. The van der Waals surface area contributed by atoms with E-state index in [1.165, 1.54) is 11.1 Å². The normalized spacial score (nSPS) is 15.1. The van der Waals surface area contributed by atoms with E-state index in [1.807, 2.05) is 0 Å². The van der Waals surface area contributed by atoms with Crippen LogP contribution in [-0.4, -0.2) is 26.4 Å². The topological polar surface area (TPSA) is 36.9 Å². The summed E-state index contributed by atoms with van der Waals surface area (Å²) in [6.07, 6.45) is 0. The van der Waals surface area contributed by atoms with Gasteiger partial charge in [0.2, 0.25) is 0 Å². The van der Waals surface area contributed by atoms with E-state index in [-0.39, 0.29) is 22.7 Å². The SMILES string of the molecule is CC(COOCC(C)(C)C)c1cccc(C(C)COOCC(C)(C)C)c1. The van der Waals surface area contributed by atoms with Crippen LogP contribution < -0.4 is 0 Å². The summed E-state index contributed by atoms with van der Waals surface area (Å²) >= 11 is 0. The van der Waals surface area contributed by atoms with Crippen molar-refractivity contribution in [2.24, 2.45) is 10.8 Å². The quantitative estimate of drug-likeness (QED) is 0.294. The summed E-state index contributed by atoms with van der Waals surface area (Å²) < 4.78 is 0. The van der Waals surface area contributed by atoms with Crippen LogP contribution in [-0.2, 0) is 19.6 Å². The van der Waals surface area contributed by atoms with Crippen molar-refractivity contribution in [2.45, 2.75) is 67.2 Å². The van der Waals surface area contributed by atoms with Crippen molar-refractivity contribution in [3.63, 3.8) is 0 Å². The van der Waals surface area contributed by atoms with Gasteiger partial charge in [0.25, 0.3) is 0 Å². The van der Waals surface area contributed by atoms with Crippen molar-refractivity contribution >= 4 is 0 Å². The van der Waals surface area contributed by atoms with Crippen molar-refractivity contribution in [2.75, 3.05) is 26.4 Å². The lowest BCUT2D eigenvalue weighted by atomic mass is 9.95. The van der Waals surface area contributed by atoms with Gasteiger partial charge in [0, 0.05) is 11.8 Å². The third-order valence-electron chi connectivity index (χ3n) is 3.84. The van der Waals surface area contributed by atoms with Crippen molar-refractivity contribution in [1.82, 2.24) is 0 Å². The predicted molar refractivity (Wildman–Crippen MR) is 106 cm³/mol. The van der Waals surface area contributed by atoms with Gasteiger partial charge in [0.1, 0.15) is 0 Å². The first kappa shape index (κ1) is 23.1. The van der Waals surface area contributed by atoms with Crippen molar-refractivity contribution < 1.29 is 19.6 Å². The van der Waals surface area contributed by atoms with Gasteiger partial charge in [-0.1, -0.05) is 79.7 Å². The lowest BCUT2D eigenvalue weighted by molar-refractivity contribution is -0.309. The molecule has 1 aromatic rings. The summed E-state index contributed by atoms with van der Waals surface area (Å²) in [4.78, 5) is 21.4. The maximum absolute atomic E-state index is 5.39. The molecule has 0 saturated carbocycles. The number of hydrogen-bond acceptors (Lipinski definition) is 4. The van der Waals surface area contributed by atoms with Gasteiger partial charge in [-0.2, -0.15) is 0 Å². The predicted octanol–water partition coefficient (Wildman–Crippen LogP) is 5.88. The molecule has 2 atom stereocenters. The lowest BCUT2D eigenvalue weighted by Gasteiger charge is -2.20. The molecule has 1 aromatic carbocycles. The molecule has 150 valence electrons. The molecule has 0 amide bonds. The smallest absolute Gasteiger partial charge is 0.0888 e. The molecule has 0 heterocycles. The average Bonchev–Trinajstić information content (AvgIpc) is 2.53. The maximum Gasteiger partial charge on any atom is 0.0888 e. The fourth-order valence-corrected chi connectivity index (χ4v) is 2.10. The summed E-state index contributed by atoms with van der Waals surface area (Å²) in [6.45, 7) is 19.3. The zero-order valence-electron chi connectivity index (χ0n) is 17.9. The molecule has 26 heavy (non-hydrogen) atoms. The Morgan fingerprint density at radius 3 is 1.42 bits per heavy atom. The molecular weight excluding hydrogens is 328 g/mol. The van der Waals surface area contributed by atoms with Crippen LogP contribution in [0, 0.1) is 10.8 Å². The van der Waals surface area contributed by atoms with Gasteiger partial charge in [0.15, 0.2) is 0 Å². The minimum atomic E-state index is 0.105. The summed E-state index contributed by atoms with van der Waals surface area (Å²) in [5.41, 5.74) is 2.69. The molecule has 4 heteroatoms. The first-order valence-electron chi connectivity index (χ1n) is 9.57. The van der Waals surface area contributed by atoms with E-state index in [0.29, 0.717) is 26.4 Å². The zero-order valence-corrected chi connectivity index (χ0v) is 17.9. The van der Waals surface area contributed by atoms with Crippen LogP contribution in [0.4, 0.5) is 0 Å². The van der Waals surface area contributed by atoms with E-state index in [4.69, 9.17) is 19.6 Å². The second-order valence-electron chi connectivity index (χ2n) is 9.69. The third-order valence-corrected chi connectivity index (χ3v) is 3.84. The molecule has 2 unspecified atom stereocenters. The molecule has 0 spiro atoms. The van der Waals surface area contributed by atoms with E-state index in [2.05, 4.69) is 79.7 Å². The zero-order chi connectivity index (χ0) is 19.8. The molecule has 0 N–H and O–H groups in total. The van der Waals surface area contributed by atoms with Gasteiger partial charge in [-0.3, -0.25) is 0 Å². The van der Waals surface area contributed by atoms with Crippen molar-refractivity contribution in [3.8, 4) is 0 Å². The highest BCUT2D eigenvalue weighted by atomic mass is 17.2. The molecule has 0 fully saturated rings. The first-order chi connectivity index (χ1) is 12.0. The third kappa shape index (κ3) is 10.3. The number of hydrogen-bond donors (Lipinski definition) is 0. The summed E-state index contributed by atoms with van der Waals surface area (Å²) in [7, 11) is 0. The van der Waals surface area contributed by atoms with E-state index < -0.39 is 0 Å². The van der Waals surface area contributed by atoms with Crippen LogP contribution in [0.1, 0.15) is 78.4 Å². The summed E-state index contributed by atoms with van der Waals surface area (Å²) in [5, 5.41) is 0. The van der Waals surface area contributed by atoms with Crippen LogP contribution in [0.15, 0.2) is 24.3 Å². The van der Waals surface area contributed by atoms with Crippen LogP contribution in [0.5, 0.6) is 0 Å². The molecule has 4 nitrogen and oxygen atoms in total. The van der Waals surface area contributed by atoms with Crippen LogP contribution in [0.2, 0.25) is 0 Å². The van der Waals surface area contributed by atoms with Crippen LogP contribution >= 0.6 is 0 Å². The van der Waals surface area contributed by atoms with Gasteiger partial charge in [-0.05, 0) is 22.0 Å². The van der Waals surface area contributed by atoms with E-state index >= 15 is 0 Å². The fraction of sp³-hybridized carbons (Fsp3) is 0.727. The Balaban J connectivity index is 2.45. The second-order valence-corrected chi connectivity index (χ2v) is 9.69. The Kier molecular flexibility index (Phi) is 9.25. The van der Waals surface area contributed by atoms with Crippen molar-refractivity contribution in [3.05, 3.63) is 35.4 Å². The molecule has 0 saturated heterocycles. The minimum absolute atomic E-state index is 0.105. The molecule has 0 aliphatic rings. The Morgan fingerprint density at radius 2 is 1.08 bits per heavy atom. The standard InChI is InChI=1S/C22H38O4/c1-17(13-23-25-15-21(3,4)5)19-10-9-11-20(12-19)18(2)14-24-26-16-22(6,7)8/h9-12,17-18H,13-16H2,1-8H3. The molecule has 0 bridgehead atoms. The van der Waals surface area contributed by atoms with Gasteiger partial charge in [-0.25, -0.2) is 19.6 Å². The Labute approximate surface area is 160 Å². The fourth-order valence-electron chi connectivity index (χ4n) is 2.10. The van der Waals surface area contributed by atoms with Gasteiger partial charge < -0.3 is 0 Å². The highest BCUT2D eigenvalue weighted by molar-refractivity contribution is 5.28. The maximum atomic E-state index is 5.39. The first-order valence-corrected chi connectivity index (χ1v) is 9.57. The Hall–Kier alpha value is -0.940. The molecular formula is C22H38O4. The van der Waals surface area contributed by atoms with Gasteiger partial charge in [-0.15, -0.1) is 0 Å². The Morgan fingerprint density at radius 1 is 0.692 bits per heavy atom. The summed E-state index contributed by atoms with van der Waals surface area (Å²) in [5.74, 6) is 0.528. The van der Waals surface area contributed by atoms with E-state index in [1.54, 1.807) is 0 Å². The lowest BCUT2D eigenvalue weighted by Crippen LogP contribution is -2.16. The van der Waals surface area contributed by atoms with E-state index in [9.17, 15) is 0 Å². The second kappa shape index (κ2) is 10.4. The number of benzene rings is 1. The molecule has 1 rings (SSSR count). The minimum Gasteiger partial charge on any atom is -0.236 e. The molecule has 0 aliphatic carbocycles. The number of rotatable bonds is 10.